The molecule has 6 heteroatoms. The third-order valence-corrected chi connectivity index (χ3v) is 6.26. The molecule has 1 aliphatic heterocycles. The number of hydrogen-bond acceptors (Lipinski definition) is 4. The van der Waals surface area contributed by atoms with Gasteiger partial charge in [0.2, 0.25) is 0 Å². The highest BCUT2D eigenvalue weighted by Crippen LogP contribution is 2.37. The lowest BCUT2D eigenvalue weighted by Gasteiger charge is -2.08. The minimum Gasteiger partial charge on any atom is -0.497 e. The molecule has 0 saturated heterocycles. The van der Waals surface area contributed by atoms with E-state index in [-0.39, 0.29) is 11.7 Å². The minimum atomic E-state index is -0.150. The number of hydrogen-bond donors (Lipinski definition) is 2. The molecule has 2 N–H and O–H groups in total. The normalized spacial score (nSPS) is 13.9. The van der Waals surface area contributed by atoms with E-state index in [1.807, 2.05) is 76.5 Å². The second-order valence-corrected chi connectivity index (χ2v) is 9.00. The number of benzene rings is 2. The number of fused-ring (bicyclic) bond motifs is 1. The predicted molar refractivity (Wildman–Crippen MR) is 137 cm³/mol. The van der Waals surface area contributed by atoms with Crippen LogP contribution in [0, 0.1) is 13.8 Å². The molecule has 0 atom stereocenters. The van der Waals surface area contributed by atoms with E-state index in [1.54, 1.807) is 7.11 Å². The number of anilines is 1. The van der Waals surface area contributed by atoms with E-state index >= 15 is 0 Å². The highest BCUT2D eigenvalue weighted by molar-refractivity contribution is 6.35. The van der Waals surface area contributed by atoms with Crippen molar-refractivity contribution in [2.75, 3.05) is 33.1 Å². The van der Waals surface area contributed by atoms with Gasteiger partial charge in [-0.2, -0.15) is 0 Å². The van der Waals surface area contributed by atoms with E-state index in [0.29, 0.717) is 12.0 Å². The number of carbonyl (C=O) groups excluding carboxylic acids is 2. The molecule has 34 heavy (non-hydrogen) atoms. The number of amides is 1. The lowest BCUT2D eigenvalue weighted by atomic mass is 9.98. The minimum absolute atomic E-state index is 0.136. The molecular weight excluding hydrogens is 426 g/mol. The van der Waals surface area contributed by atoms with Crippen LogP contribution in [-0.2, 0) is 4.79 Å². The van der Waals surface area contributed by atoms with Gasteiger partial charge >= 0.3 is 0 Å². The van der Waals surface area contributed by atoms with E-state index in [1.165, 1.54) is 0 Å². The van der Waals surface area contributed by atoms with Crippen LogP contribution >= 0.6 is 0 Å². The molecule has 3 aromatic rings. The molecule has 1 aromatic heterocycles. The van der Waals surface area contributed by atoms with Crippen LogP contribution < -0.4 is 10.1 Å². The summed E-state index contributed by atoms with van der Waals surface area (Å²) in [6, 6.07) is 13.8. The van der Waals surface area contributed by atoms with Crippen molar-refractivity contribution in [2.45, 2.75) is 26.7 Å². The standard InChI is InChI=1S/C28H31N3O3/c1-17-24(29-18(2)27(17)26(32)10-7-13-31(3)4)16-23-22-12-11-20(15-25(22)30-28(23)33)19-8-6-9-21(14-19)34-5/h6,8-9,11-12,14-16,29H,7,10,13H2,1-5H3,(H,30,33)/b23-16-. The average Bonchev–Trinajstić information content (AvgIpc) is 3.27. The molecular formula is C28H31N3O3. The van der Waals surface area contributed by atoms with Crippen molar-refractivity contribution in [3.63, 3.8) is 0 Å². The van der Waals surface area contributed by atoms with Crippen LogP contribution in [0.25, 0.3) is 22.8 Å². The van der Waals surface area contributed by atoms with Gasteiger partial charge in [0.15, 0.2) is 5.78 Å². The van der Waals surface area contributed by atoms with E-state index in [2.05, 4.69) is 15.2 Å². The molecule has 0 unspecified atom stereocenters. The van der Waals surface area contributed by atoms with Crippen molar-refractivity contribution >= 4 is 29.0 Å². The number of Topliss-reactive ketones (excluding diaryl/α,β-unsaturated/α-hetero) is 1. The van der Waals surface area contributed by atoms with Gasteiger partial charge in [0.05, 0.1) is 12.7 Å². The Balaban J connectivity index is 1.63. The maximum absolute atomic E-state index is 12.9. The van der Waals surface area contributed by atoms with Crippen molar-refractivity contribution in [3.05, 3.63) is 70.5 Å². The maximum atomic E-state index is 12.9. The van der Waals surface area contributed by atoms with Gasteiger partial charge in [0.1, 0.15) is 5.75 Å². The molecule has 0 spiro atoms. The first-order valence-electron chi connectivity index (χ1n) is 11.5. The van der Waals surface area contributed by atoms with Gasteiger partial charge in [-0.1, -0.05) is 24.3 Å². The van der Waals surface area contributed by atoms with Crippen LogP contribution in [0.5, 0.6) is 5.75 Å². The summed E-state index contributed by atoms with van der Waals surface area (Å²) in [6.07, 6.45) is 3.17. The molecule has 0 fully saturated rings. The maximum Gasteiger partial charge on any atom is 0.256 e. The monoisotopic (exact) mass is 457 g/mol. The average molecular weight is 458 g/mol. The van der Waals surface area contributed by atoms with Gasteiger partial charge in [-0.15, -0.1) is 0 Å². The SMILES string of the molecule is COc1cccc(-c2ccc3c(c2)NC(=O)/C3=C\c2[nH]c(C)c(C(=O)CCCN(C)C)c2C)c1. The fraction of sp³-hybridized carbons (Fsp3) is 0.286. The van der Waals surface area contributed by atoms with Crippen molar-refractivity contribution in [1.29, 1.82) is 0 Å². The number of nitrogens with zero attached hydrogens (tertiary/aromatic N) is 1. The van der Waals surface area contributed by atoms with Crippen LogP contribution in [0.15, 0.2) is 42.5 Å². The van der Waals surface area contributed by atoms with Crippen LogP contribution in [0.4, 0.5) is 5.69 Å². The fourth-order valence-electron chi connectivity index (χ4n) is 4.48. The van der Waals surface area contributed by atoms with Crippen LogP contribution in [0.1, 0.15) is 45.7 Å². The molecule has 4 rings (SSSR count). The number of carbonyl (C=O) groups is 2. The molecule has 0 radical (unpaired) electrons. The summed E-state index contributed by atoms with van der Waals surface area (Å²) in [5.41, 5.74) is 7.47. The first-order valence-corrected chi connectivity index (χ1v) is 11.5. The molecule has 176 valence electrons. The summed E-state index contributed by atoms with van der Waals surface area (Å²) >= 11 is 0. The quantitative estimate of drug-likeness (QED) is 0.354. The van der Waals surface area contributed by atoms with Gasteiger partial charge in [-0.25, -0.2) is 0 Å². The molecule has 2 aromatic carbocycles. The number of aromatic amines is 1. The molecule has 2 heterocycles. The van der Waals surface area contributed by atoms with E-state index in [0.717, 1.165) is 63.6 Å². The number of aryl methyl sites for hydroxylation is 1. The molecule has 0 aliphatic carbocycles. The number of H-pyrrole nitrogens is 1. The Bertz CT molecular complexity index is 1280. The summed E-state index contributed by atoms with van der Waals surface area (Å²) in [6.45, 7) is 4.73. The van der Waals surface area contributed by atoms with Crippen LogP contribution in [0.2, 0.25) is 0 Å². The Morgan fingerprint density at radius 1 is 1.09 bits per heavy atom. The zero-order chi connectivity index (χ0) is 24.4. The van der Waals surface area contributed by atoms with Crippen LogP contribution in [-0.4, -0.2) is 49.3 Å². The zero-order valence-corrected chi connectivity index (χ0v) is 20.4. The highest BCUT2D eigenvalue weighted by atomic mass is 16.5. The largest absolute Gasteiger partial charge is 0.497 e. The number of ether oxygens (including phenoxy) is 1. The second kappa shape index (κ2) is 9.69. The van der Waals surface area contributed by atoms with Gasteiger partial charge in [0.25, 0.3) is 5.91 Å². The number of methoxy groups -OCH3 is 1. The molecule has 6 nitrogen and oxygen atoms in total. The first kappa shape index (κ1) is 23.5. The number of aromatic nitrogens is 1. The lowest BCUT2D eigenvalue weighted by Crippen LogP contribution is -2.14. The summed E-state index contributed by atoms with van der Waals surface area (Å²) in [5.74, 6) is 0.771. The fourth-order valence-corrected chi connectivity index (χ4v) is 4.48. The number of rotatable bonds is 8. The first-order chi connectivity index (χ1) is 16.3. The van der Waals surface area contributed by atoms with Crippen molar-refractivity contribution in [3.8, 4) is 16.9 Å². The Labute approximate surface area is 200 Å². The molecule has 1 amide bonds. The Morgan fingerprint density at radius 2 is 1.85 bits per heavy atom. The van der Waals surface area contributed by atoms with E-state index in [9.17, 15) is 9.59 Å². The Kier molecular flexibility index (Phi) is 6.70. The van der Waals surface area contributed by atoms with Crippen LogP contribution in [0.3, 0.4) is 0 Å². The van der Waals surface area contributed by atoms with Crippen molar-refractivity contribution < 1.29 is 14.3 Å². The summed E-state index contributed by atoms with van der Waals surface area (Å²) in [4.78, 5) is 31.1. The van der Waals surface area contributed by atoms with E-state index in [4.69, 9.17) is 4.74 Å². The lowest BCUT2D eigenvalue weighted by molar-refractivity contribution is -0.110. The third kappa shape index (κ3) is 4.68. The summed E-state index contributed by atoms with van der Waals surface area (Å²) in [5, 5.41) is 2.98. The smallest absolute Gasteiger partial charge is 0.256 e. The zero-order valence-electron chi connectivity index (χ0n) is 20.4. The van der Waals surface area contributed by atoms with Crippen molar-refractivity contribution in [2.24, 2.45) is 0 Å². The molecule has 0 saturated carbocycles. The Hall–Kier alpha value is -3.64. The topological polar surface area (TPSA) is 74.4 Å². The number of ketones is 1. The predicted octanol–water partition coefficient (Wildman–Crippen LogP) is 5.32. The van der Waals surface area contributed by atoms with Gasteiger partial charge in [-0.3, -0.25) is 9.59 Å². The Morgan fingerprint density at radius 3 is 2.59 bits per heavy atom. The number of nitrogens with one attached hydrogen (secondary N) is 2. The van der Waals surface area contributed by atoms with Crippen molar-refractivity contribution in [1.82, 2.24) is 9.88 Å². The molecule has 0 bridgehead atoms. The van der Waals surface area contributed by atoms with Gasteiger partial charge in [0, 0.05) is 34.6 Å². The molecule has 1 aliphatic rings. The highest BCUT2D eigenvalue weighted by Gasteiger charge is 2.26. The third-order valence-electron chi connectivity index (χ3n) is 6.26. The van der Waals surface area contributed by atoms with E-state index < -0.39 is 0 Å². The summed E-state index contributed by atoms with van der Waals surface area (Å²) < 4.78 is 5.33. The summed E-state index contributed by atoms with van der Waals surface area (Å²) in [7, 11) is 5.66. The van der Waals surface area contributed by atoms with Gasteiger partial charge < -0.3 is 19.9 Å². The second-order valence-electron chi connectivity index (χ2n) is 9.00. The van der Waals surface area contributed by atoms with Gasteiger partial charge in [-0.05, 0) is 81.9 Å².